The number of aryl methyl sites for hydroxylation is 2. The average Bonchev–Trinajstić information content (AvgIpc) is 1.70. The number of benzene rings is 8. The van der Waals surface area contributed by atoms with Crippen LogP contribution in [0.25, 0.3) is 38.6 Å². The van der Waals surface area contributed by atoms with Gasteiger partial charge >= 0.3 is 0 Å². The summed E-state index contributed by atoms with van der Waals surface area (Å²) >= 11 is 0. The standard InChI is InChI=1S/C80H86BN3O/c1-46-38-67-71-68(39-46)83(65-45-59-58(40-47(65)2)77(13,14)36-37-78(59,15)16)72-62(31-29-54-56-41-49(74(4,5)6)24-28-53(56)48(3)70(54)72)81(71)61-30-27-52(84-63-32-25-51(76(10,11)12)43-60(63)79(17)34-19-20-35-80(79,84)18)44-66(61)82(67)64-23-21-22-55-57-42-50(75(7,8)9)26-33-69(57)85-73(55)64/h21-33,38-45H,3,19-20,34-37H2,1-2,4-18H3. The van der Waals surface area contributed by atoms with Crippen molar-refractivity contribution in [1.29, 1.82) is 0 Å². The van der Waals surface area contributed by atoms with E-state index in [-0.39, 0.29) is 44.7 Å². The first-order valence-corrected chi connectivity index (χ1v) is 32.0. The number of furan rings is 1. The lowest BCUT2D eigenvalue weighted by Gasteiger charge is -2.51. The van der Waals surface area contributed by atoms with E-state index < -0.39 is 0 Å². The highest BCUT2D eigenvalue weighted by Gasteiger charge is 2.58. The lowest BCUT2D eigenvalue weighted by Crippen LogP contribution is -2.61. The predicted octanol–water partition coefficient (Wildman–Crippen LogP) is 20.3. The topological polar surface area (TPSA) is 22.9 Å². The number of rotatable bonds is 3. The van der Waals surface area contributed by atoms with E-state index >= 15 is 0 Å². The van der Waals surface area contributed by atoms with Gasteiger partial charge in [-0.15, -0.1) is 0 Å². The maximum atomic E-state index is 7.28. The van der Waals surface area contributed by atoms with Crippen molar-refractivity contribution in [3.63, 3.8) is 0 Å². The number of para-hydroxylation sites is 1. The Kier molecular flexibility index (Phi) is 11.2. The van der Waals surface area contributed by atoms with Crippen LogP contribution in [0.3, 0.4) is 0 Å². The second kappa shape index (κ2) is 17.5. The SMILES string of the molecule is C=C1c2ccc(C(C)(C)C)cc2-c2ccc3c(c21)N(c1cc2c(cc1C)C(C)(C)CCC2(C)C)c1cc(C)cc2c1B3c1ccc(N3c4ccc(C(C)(C)C)cc4C4(C)CCCCC34C)cc1N2c1cccc2c1oc1ccc(C(C)(C)C)cc12. The number of hydrogen-bond acceptors (Lipinski definition) is 4. The summed E-state index contributed by atoms with van der Waals surface area (Å²) in [7, 11) is 0. The Balaban J connectivity index is 1.05. The second-order valence-corrected chi connectivity index (χ2v) is 31.8. The van der Waals surface area contributed by atoms with Crippen molar-refractivity contribution < 1.29 is 4.42 Å². The molecule has 1 saturated carbocycles. The highest BCUT2D eigenvalue weighted by Crippen LogP contribution is 2.63. The number of hydrogen-bond donors (Lipinski definition) is 0. The molecule has 430 valence electrons. The highest BCUT2D eigenvalue weighted by atomic mass is 16.3. The van der Waals surface area contributed by atoms with Crippen molar-refractivity contribution in [1.82, 2.24) is 0 Å². The molecule has 15 rings (SSSR count). The van der Waals surface area contributed by atoms with E-state index in [1.807, 2.05) is 0 Å². The monoisotopic (exact) mass is 1120 g/mol. The Morgan fingerprint density at radius 3 is 1.84 bits per heavy atom. The Hall–Kier alpha value is -7.24. The van der Waals surface area contributed by atoms with Gasteiger partial charge in [-0.25, -0.2) is 0 Å². The van der Waals surface area contributed by atoms with Crippen molar-refractivity contribution in [3.8, 4) is 11.1 Å². The highest BCUT2D eigenvalue weighted by molar-refractivity contribution is 7.00. The van der Waals surface area contributed by atoms with Crippen molar-refractivity contribution in [2.75, 3.05) is 14.7 Å². The van der Waals surface area contributed by atoms with Crippen LogP contribution < -0.4 is 31.1 Å². The Labute approximate surface area is 507 Å². The molecule has 3 aliphatic heterocycles. The molecule has 0 spiro atoms. The minimum Gasteiger partial charge on any atom is -0.454 e. The van der Waals surface area contributed by atoms with Gasteiger partial charge in [-0.2, -0.15) is 0 Å². The maximum Gasteiger partial charge on any atom is 0.252 e. The number of fused-ring (bicyclic) bond motifs is 15. The average molecular weight is 1120 g/mol. The molecular formula is C80H86BN3O. The summed E-state index contributed by atoms with van der Waals surface area (Å²) in [5, 5.41) is 2.30. The quantitative estimate of drug-likeness (QED) is 0.165. The molecular weight excluding hydrogens is 1030 g/mol. The number of anilines is 8. The van der Waals surface area contributed by atoms with Crippen LogP contribution in [0.4, 0.5) is 45.5 Å². The van der Waals surface area contributed by atoms with Gasteiger partial charge in [0, 0.05) is 61.6 Å². The molecule has 0 saturated heterocycles. The summed E-state index contributed by atoms with van der Waals surface area (Å²) in [5.41, 5.74) is 32.6. The van der Waals surface area contributed by atoms with E-state index in [9.17, 15) is 0 Å². The molecule has 0 amide bonds. The fourth-order valence-electron chi connectivity index (χ4n) is 17.0. The zero-order chi connectivity index (χ0) is 59.8. The fourth-order valence-corrected chi connectivity index (χ4v) is 17.0. The summed E-state index contributed by atoms with van der Waals surface area (Å²) in [6.07, 6.45) is 7.06. The van der Waals surface area contributed by atoms with Crippen LogP contribution in [-0.2, 0) is 32.5 Å². The number of nitrogens with zero attached hydrogens (tertiary/aromatic N) is 3. The largest absolute Gasteiger partial charge is 0.454 e. The third-order valence-corrected chi connectivity index (χ3v) is 22.4. The van der Waals surface area contributed by atoms with E-state index in [1.54, 1.807) is 0 Å². The molecule has 9 aromatic rings. The molecule has 5 heteroatoms. The maximum absolute atomic E-state index is 7.28. The molecule has 0 radical (unpaired) electrons. The molecule has 2 unspecified atom stereocenters. The summed E-state index contributed by atoms with van der Waals surface area (Å²) in [5.74, 6) is 0. The van der Waals surface area contributed by atoms with Crippen LogP contribution in [0, 0.1) is 13.8 Å². The van der Waals surface area contributed by atoms with E-state index in [1.165, 1.54) is 149 Å². The molecule has 2 atom stereocenters. The van der Waals surface area contributed by atoms with Crippen LogP contribution in [0.2, 0.25) is 0 Å². The molecule has 1 fully saturated rings. The minimum absolute atomic E-state index is 0.00549. The van der Waals surface area contributed by atoms with Crippen molar-refractivity contribution in [3.05, 3.63) is 190 Å². The molecule has 0 N–H and O–H groups in total. The molecule has 4 heterocycles. The van der Waals surface area contributed by atoms with Crippen LogP contribution in [0.1, 0.15) is 198 Å². The first-order valence-electron chi connectivity index (χ1n) is 32.0. The fraction of sp³-hybridized carbons (Fsp3) is 0.375. The summed E-state index contributed by atoms with van der Waals surface area (Å²) in [4.78, 5) is 8.14. The Morgan fingerprint density at radius 1 is 0.494 bits per heavy atom. The smallest absolute Gasteiger partial charge is 0.252 e. The lowest BCUT2D eigenvalue weighted by atomic mass is 9.33. The van der Waals surface area contributed by atoms with Gasteiger partial charge in [-0.3, -0.25) is 0 Å². The zero-order valence-electron chi connectivity index (χ0n) is 53.9. The van der Waals surface area contributed by atoms with Crippen molar-refractivity contribution in [2.24, 2.45) is 0 Å². The van der Waals surface area contributed by atoms with E-state index in [2.05, 4.69) is 260 Å². The summed E-state index contributed by atoms with van der Waals surface area (Å²) in [6, 6.07) is 51.1. The van der Waals surface area contributed by atoms with Gasteiger partial charge in [0.15, 0.2) is 5.58 Å². The molecule has 8 aromatic carbocycles. The van der Waals surface area contributed by atoms with Gasteiger partial charge in [-0.05, 0) is 217 Å². The first kappa shape index (κ1) is 54.4. The Bertz CT molecular complexity index is 4430. The van der Waals surface area contributed by atoms with E-state index in [0.717, 1.165) is 46.0 Å². The third kappa shape index (κ3) is 7.53. The van der Waals surface area contributed by atoms with Gasteiger partial charge in [0.05, 0.1) is 11.2 Å². The van der Waals surface area contributed by atoms with E-state index in [4.69, 9.17) is 11.0 Å². The molecule has 1 aromatic heterocycles. The molecule has 6 aliphatic rings. The van der Waals surface area contributed by atoms with E-state index in [0.29, 0.717) is 0 Å². The summed E-state index contributed by atoms with van der Waals surface area (Å²) in [6.45, 7) is 45.7. The van der Waals surface area contributed by atoms with Gasteiger partial charge < -0.3 is 19.1 Å². The normalized spacial score (nSPS) is 20.7. The Morgan fingerprint density at radius 2 is 1.12 bits per heavy atom. The third-order valence-electron chi connectivity index (χ3n) is 22.4. The van der Waals surface area contributed by atoms with Crippen LogP contribution >= 0.6 is 0 Å². The molecule has 85 heavy (non-hydrogen) atoms. The van der Waals surface area contributed by atoms with Crippen molar-refractivity contribution >= 4 is 96.1 Å². The predicted molar refractivity (Wildman–Crippen MR) is 365 cm³/mol. The van der Waals surface area contributed by atoms with Gasteiger partial charge in [-0.1, -0.05) is 183 Å². The van der Waals surface area contributed by atoms with Gasteiger partial charge in [0.25, 0.3) is 6.71 Å². The zero-order valence-corrected chi connectivity index (χ0v) is 53.9. The minimum atomic E-state index is -0.139. The van der Waals surface area contributed by atoms with Crippen LogP contribution in [0.15, 0.2) is 138 Å². The molecule has 4 nitrogen and oxygen atoms in total. The summed E-state index contributed by atoms with van der Waals surface area (Å²) < 4.78 is 7.28. The van der Waals surface area contributed by atoms with Gasteiger partial charge in [0.1, 0.15) is 5.58 Å². The van der Waals surface area contributed by atoms with Gasteiger partial charge in [0.2, 0.25) is 0 Å². The van der Waals surface area contributed by atoms with Crippen LogP contribution in [-0.4, -0.2) is 12.3 Å². The second-order valence-electron chi connectivity index (χ2n) is 31.8. The van der Waals surface area contributed by atoms with Crippen LogP contribution in [0.5, 0.6) is 0 Å². The molecule has 3 aliphatic carbocycles. The van der Waals surface area contributed by atoms with Crippen molar-refractivity contribution in [2.45, 2.75) is 194 Å². The lowest BCUT2D eigenvalue weighted by molar-refractivity contribution is 0.195. The molecule has 0 bridgehead atoms. The first-order chi connectivity index (χ1) is 40.0.